The van der Waals surface area contributed by atoms with Crippen LogP contribution < -0.4 is 10.1 Å². The largest absolute Gasteiger partial charge is 0.495 e. The summed E-state index contributed by atoms with van der Waals surface area (Å²) in [6.07, 6.45) is 4.08. The van der Waals surface area contributed by atoms with Gasteiger partial charge in [-0.15, -0.1) is 0 Å². The van der Waals surface area contributed by atoms with Crippen molar-refractivity contribution < 1.29 is 22.5 Å². The van der Waals surface area contributed by atoms with Crippen molar-refractivity contribution in [3.05, 3.63) is 53.9 Å². The van der Waals surface area contributed by atoms with Crippen molar-refractivity contribution in [1.82, 2.24) is 19.3 Å². The van der Waals surface area contributed by atoms with Gasteiger partial charge >= 0.3 is 0 Å². The molecule has 1 aromatic heterocycles. The summed E-state index contributed by atoms with van der Waals surface area (Å²) in [6, 6.07) is 12.8. The number of aryl methyl sites for hydroxylation is 1. The number of nitrogens with one attached hydrogen (secondary N) is 1. The molecule has 0 saturated carbocycles. The molecule has 0 atom stereocenters. The zero-order chi connectivity index (χ0) is 27.4. The second-order valence-corrected chi connectivity index (χ2v) is 12.2. The minimum Gasteiger partial charge on any atom is -0.495 e. The summed E-state index contributed by atoms with van der Waals surface area (Å²) in [5.74, 6) is 1.12. The molecule has 39 heavy (non-hydrogen) atoms. The van der Waals surface area contributed by atoms with Gasteiger partial charge in [0.05, 0.1) is 13.7 Å². The van der Waals surface area contributed by atoms with Crippen molar-refractivity contribution in [2.75, 3.05) is 38.6 Å². The average molecular weight is 554 g/mol. The SMILES string of the molecule is COc1ccc(NC(=O)C2CCN(Cc3nc(-c4ccc(C)cc4)no3)CC2)cc1S(=O)(=O)N1CCCCC1. The normalized spacial score (nSPS) is 17.7. The maximum absolute atomic E-state index is 13.3. The molecule has 208 valence electrons. The van der Waals surface area contributed by atoms with Crippen LogP contribution in [0.5, 0.6) is 5.75 Å². The van der Waals surface area contributed by atoms with Crippen molar-refractivity contribution in [3.63, 3.8) is 0 Å². The Morgan fingerprint density at radius 1 is 1.05 bits per heavy atom. The quantitative estimate of drug-likeness (QED) is 0.443. The first-order valence-corrected chi connectivity index (χ1v) is 14.9. The highest BCUT2D eigenvalue weighted by Crippen LogP contribution is 2.32. The molecule has 5 rings (SSSR count). The molecule has 1 N–H and O–H groups in total. The Kier molecular flexibility index (Phi) is 8.29. The van der Waals surface area contributed by atoms with Crippen LogP contribution in [0.15, 0.2) is 51.9 Å². The molecule has 0 aliphatic carbocycles. The van der Waals surface area contributed by atoms with E-state index in [1.165, 1.54) is 23.0 Å². The molecular formula is C28H35N5O5S. The Morgan fingerprint density at radius 3 is 2.46 bits per heavy atom. The van der Waals surface area contributed by atoms with E-state index in [2.05, 4.69) is 20.4 Å². The predicted octanol–water partition coefficient (Wildman–Crippen LogP) is 4.08. The van der Waals surface area contributed by atoms with E-state index in [1.54, 1.807) is 12.1 Å². The summed E-state index contributed by atoms with van der Waals surface area (Å²) < 4.78 is 38.9. The zero-order valence-corrected chi connectivity index (χ0v) is 23.2. The highest BCUT2D eigenvalue weighted by Gasteiger charge is 2.30. The zero-order valence-electron chi connectivity index (χ0n) is 22.4. The number of nitrogens with zero attached hydrogens (tertiary/aromatic N) is 4. The molecule has 1 amide bonds. The minimum atomic E-state index is -3.71. The van der Waals surface area contributed by atoms with Crippen LogP contribution in [0.1, 0.15) is 43.6 Å². The number of amides is 1. The van der Waals surface area contributed by atoms with Crippen LogP contribution in [0, 0.1) is 12.8 Å². The Balaban J connectivity index is 1.17. The topological polar surface area (TPSA) is 118 Å². The molecule has 11 heteroatoms. The van der Waals surface area contributed by atoms with Crippen LogP contribution in [0.4, 0.5) is 5.69 Å². The van der Waals surface area contributed by atoms with Crippen LogP contribution in [-0.4, -0.2) is 67.0 Å². The fraction of sp³-hybridized carbons (Fsp3) is 0.464. The van der Waals surface area contributed by atoms with Gasteiger partial charge in [-0.3, -0.25) is 9.69 Å². The van der Waals surface area contributed by atoms with Gasteiger partial charge in [-0.25, -0.2) is 8.42 Å². The molecule has 0 bridgehead atoms. The Morgan fingerprint density at radius 2 is 1.77 bits per heavy atom. The first-order chi connectivity index (χ1) is 18.8. The third kappa shape index (κ3) is 6.32. The number of ether oxygens (including phenoxy) is 1. The number of aromatic nitrogens is 2. The molecule has 0 spiro atoms. The summed E-state index contributed by atoms with van der Waals surface area (Å²) >= 11 is 0. The molecule has 2 aliphatic rings. The maximum Gasteiger partial charge on any atom is 0.246 e. The molecule has 2 aromatic carbocycles. The van der Waals surface area contributed by atoms with Crippen molar-refractivity contribution >= 4 is 21.6 Å². The van der Waals surface area contributed by atoms with Gasteiger partial charge in [0.15, 0.2) is 0 Å². The van der Waals surface area contributed by atoms with E-state index < -0.39 is 10.0 Å². The molecule has 2 saturated heterocycles. The summed E-state index contributed by atoms with van der Waals surface area (Å²) in [5.41, 5.74) is 2.54. The van der Waals surface area contributed by atoms with Crippen molar-refractivity contribution in [2.24, 2.45) is 5.92 Å². The second-order valence-electron chi connectivity index (χ2n) is 10.2. The van der Waals surface area contributed by atoms with Gasteiger partial charge in [0.1, 0.15) is 10.6 Å². The summed E-state index contributed by atoms with van der Waals surface area (Å²) in [5, 5.41) is 7.04. The van der Waals surface area contributed by atoms with Crippen LogP contribution in [0.2, 0.25) is 0 Å². The lowest BCUT2D eigenvalue weighted by molar-refractivity contribution is -0.121. The van der Waals surface area contributed by atoms with E-state index in [1.807, 2.05) is 31.2 Å². The molecule has 2 aliphatic heterocycles. The van der Waals surface area contributed by atoms with Gasteiger partial charge in [-0.2, -0.15) is 9.29 Å². The van der Waals surface area contributed by atoms with Crippen LogP contribution >= 0.6 is 0 Å². The van der Waals surface area contributed by atoms with E-state index in [-0.39, 0.29) is 22.5 Å². The van der Waals surface area contributed by atoms with Crippen molar-refractivity contribution in [1.29, 1.82) is 0 Å². The molecule has 2 fully saturated rings. The average Bonchev–Trinajstić information content (AvgIpc) is 3.42. The van der Waals surface area contributed by atoms with E-state index in [0.29, 0.717) is 49.9 Å². The lowest BCUT2D eigenvalue weighted by atomic mass is 9.96. The number of hydrogen-bond acceptors (Lipinski definition) is 8. The summed E-state index contributed by atoms with van der Waals surface area (Å²) in [6.45, 7) is 5.00. The first-order valence-electron chi connectivity index (χ1n) is 13.4. The fourth-order valence-electron chi connectivity index (χ4n) is 5.13. The maximum atomic E-state index is 13.3. The summed E-state index contributed by atoms with van der Waals surface area (Å²) in [7, 11) is -2.26. The number of sulfonamides is 1. The number of rotatable bonds is 8. The lowest BCUT2D eigenvalue weighted by Gasteiger charge is -2.30. The number of hydrogen-bond donors (Lipinski definition) is 1. The molecule has 3 aromatic rings. The molecular weight excluding hydrogens is 518 g/mol. The number of methoxy groups -OCH3 is 1. The van der Waals surface area contributed by atoms with E-state index in [0.717, 1.165) is 37.9 Å². The summed E-state index contributed by atoms with van der Waals surface area (Å²) in [4.78, 5) is 19.9. The smallest absolute Gasteiger partial charge is 0.246 e. The predicted molar refractivity (Wildman–Crippen MR) is 147 cm³/mol. The molecule has 0 radical (unpaired) electrons. The Labute approximate surface area is 229 Å². The highest BCUT2D eigenvalue weighted by molar-refractivity contribution is 7.89. The van der Waals surface area contributed by atoms with E-state index in [4.69, 9.17) is 9.26 Å². The number of carbonyl (C=O) groups is 1. The van der Waals surface area contributed by atoms with Gasteiger partial charge < -0.3 is 14.6 Å². The van der Waals surface area contributed by atoms with Gasteiger partial charge in [-0.1, -0.05) is 41.4 Å². The van der Waals surface area contributed by atoms with Crippen molar-refractivity contribution in [2.45, 2.75) is 50.5 Å². The van der Waals surface area contributed by atoms with Gasteiger partial charge in [0, 0.05) is 30.3 Å². The van der Waals surface area contributed by atoms with Crippen LogP contribution in [0.25, 0.3) is 11.4 Å². The Bertz CT molecular complexity index is 1390. The van der Waals surface area contributed by atoms with Gasteiger partial charge in [-0.05, 0) is 63.9 Å². The molecule has 3 heterocycles. The van der Waals surface area contributed by atoms with Gasteiger partial charge in [0.2, 0.25) is 27.6 Å². The third-order valence-electron chi connectivity index (χ3n) is 7.46. The second kappa shape index (κ2) is 11.8. The highest BCUT2D eigenvalue weighted by atomic mass is 32.2. The number of piperidine rings is 2. The fourth-order valence-corrected chi connectivity index (χ4v) is 6.83. The van der Waals surface area contributed by atoms with Crippen molar-refractivity contribution in [3.8, 4) is 17.1 Å². The Hall–Kier alpha value is -3.28. The number of anilines is 1. The number of likely N-dealkylation sites (tertiary alicyclic amines) is 1. The van der Waals surface area contributed by atoms with E-state index in [9.17, 15) is 13.2 Å². The number of benzene rings is 2. The third-order valence-corrected chi connectivity index (χ3v) is 9.38. The minimum absolute atomic E-state index is 0.0871. The first kappa shape index (κ1) is 27.3. The molecule has 10 nitrogen and oxygen atoms in total. The van der Waals surface area contributed by atoms with Crippen LogP contribution in [-0.2, 0) is 21.4 Å². The van der Waals surface area contributed by atoms with Crippen LogP contribution in [0.3, 0.4) is 0 Å². The monoisotopic (exact) mass is 553 g/mol. The number of carbonyl (C=O) groups excluding carboxylic acids is 1. The standard InChI is InChI=1S/C28H35N5O5S/c1-20-6-8-21(9-7-20)27-30-26(38-31-27)19-32-16-12-22(13-17-32)28(34)29-23-10-11-24(37-2)25(18-23)39(35,36)33-14-4-3-5-15-33/h6-11,18,22H,3-5,12-17,19H2,1-2H3,(H,29,34). The lowest BCUT2D eigenvalue weighted by Crippen LogP contribution is -2.38. The van der Waals surface area contributed by atoms with E-state index >= 15 is 0 Å². The van der Waals surface area contributed by atoms with Gasteiger partial charge in [0.25, 0.3) is 0 Å². The molecule has 0 unspecified atom stereocenters.